The zero-order chi connectivity index (χ0) is 12.6. The highest BCUT2D eigenvalue weighted by Gasteiger charge is 2.16. The molecule has 2 rings (SSSR count). The van der Waals surface area contributed by atoms with E-state index in [1.54, 1.807) is 0 Å². The molecule has 1 aliphatic heterocycles. The van der Waals surface area contributed by atoms with Crippen LogP contribution in [0.25, 0.3) is 0 Å². The fourth-order valence-corrected chi connectivity index (χ4v) is 1.93. The van der Waals surface area contributed by atoms with E-state index in [-0.39, 0.29) is 12.9 Å². The first-order valence-electron chi connectivity index (χ1n) is 6.41. The van der Waals surface area contributed by atoms with Crippen molar-refractivity contribution < 1.29 is 19.3 Å². The molecule has 4 heteroatoms. The number of hydrogen-bond donors (Lipinski definition) is 1. The van der Waals surface area contributed by atoms with Gasteiger partial charge in [0.25, 0.3) is 0 Å². The third-order valence-corrected chi connectivity index (χ3v) is 2.82. The van der Waals surface area contributed by atoms with E-state index in [1.165, 1.54) is 5.56 Å². The Balaban J connectivity index is 1.88. The highest BCUT2D eigenvalue weighted by atomic mass is 16.7. The summed E-state index contributed by atoms with van der Waals surface area (Å²) < 4.78 is 16.4. The molecule has 1 heterocycles. The SMILES string of the molecule is OCCOCCc1cccc(C2OCCCO2)c1. The maximum absolute atomic E-state index is 8.62. The fourth-order valence-electron chi connectivity index (χ4n) is 1.93. The average molecular weight is 252 g/mol. The Kier molecular flexibility index (Phi) is 5.61. The van der Waals surface area contributed by atoms with Crippen molar-refractivity contribution in [1.82, 2.24) is 0 Å². The van der Waals surface area contributed by atoms with Gasteiger partial charge in [-0.3, -0.25) is 0 Å². The first kappa shape index (κ1) is 13.5. The van der Waals surface area contributed by atoms with Crippen molar-refractivity contribution in [3.63, 3.8) is 0 Å². The van der Waals surface area contributed by atoms with Gasteiger partial charge in [0.15, 0.2) is 6.29 Å². The minimum absolute atomic E-state index is 0.0732. The lowest BCUT2D eigenvalue weighted by molar-refractivity contribution is -0.183. The van der Waals surface area contributed by atoms with Gasteiger partial charge in [-0.2, -0.15) is 0 Å². The van der Waals surface area contributed by atoms with E-state index in [4.69, 9.17) is 19.3 Å². The van der Waals surface area contributed by atoms with Crippen LogP contribution in [-0.4, -0.2) is 38.1 Å². The second kappa shape index (κ2) is 7.48. The van der Waals surface area contributed by atoms with Crippen LogP contribution in [0.3, 0.4) is 0 Å². The normalized spacial score (nSPS) is 16.9. The van der Waals surface area contributed by atoms with E-state index in [9.17, 15) is 0 Å². The lowest BCUT2D eigenvalue weighted by Gasteiger charge is -2.23. The monoisotopic (exact) mass is 252 g/mol. The minimum atomic E-state index is -0.225. The molecule has 0 saturated carbocycles. The first-order chi connectivity index (χ1) is 8.90. The van der Waals surface area contributed by atoms with Crippen LogP contribution in [0.5, 0.6) is 0 Å². The molecule has 18 heavy (non-hydrogen) atoms. The van der Waals surface area contributed by atoms with E-state index in [0.29, 0.717) is 13.2 Å². The molecule has 100 valence electrons. The highest BCUT2D eigenvalue weighted by Crippen LogP contribution is 2.23. The van der Waals surface area contributed by atoms with Gasteiger partial charge in [0.1, 0.15) is 0 Å². The average Bonchev–Trinajstić information content (AvgIpc) is 2.45. The van der Waals surface area contributed by atoms with Gasteiger partial charge < -0.3 is 19.3 Å². The smallest absolute Gasteiger partial charge is 0.183 e. The minimum Gasteiger partial charge on any atom is -0.394 e. The molecular weight excluding hydrogens is 232 g/mol. The van der Waals surface area contributed by atoms with E-state index in [0.717, 1.165) is 31.6 Å². The molecule has 1 fully saturated rings. The molecule has 0 spiro atoms. The van der Waals surface area contributed by atoms with Crippen LogP contribution in [0, 0.1) is 0 Å². The zero-order valence-corrected chi connectivity index (χ0v) is 10.5. The van der Waals surface area contributed by atoms with Gasteiger partial charge >= 0.3 is 0 Å². The number of hydrogen-bond acceptors (Lipinski definition) is 4. The van der Waals surface area contributed by atoms with Crippen molar-refractivity contribution in [3.8, 4) is 0 Å². The molecule has 1 aliphatic rings. The Hall–Kier alpha value is -0.940. The molecule has 0 aromatic heterocycles. The summed E-state index contributed by atoms with van der Waals surface area (Å²) in [6.45, 7) is 2.61. The maximum Gasteiger partial charge on any atom is 0.183 e. The quantitative estimate of drug-likeness (QED) is 0.782. The van der Waals surface area contributed by atoms with Crippen LogP contribution >= 0.6 is 0 Å². The molecular formula is C14H20O4. The second-order valence-electron chi connectivity index (χ2n) is 4.26. The molecule has 1 saturated heterocycles. The maximum atomic E-state index is 8.62. The topological polar surface area (TPSA) is 47.9 Å². The summed E-state index contributed by atoms with van der Waals surface area (Å²) in [5.74, 6) is 0. The summed E-state index contributed by atoms with van der Waals surface area (Å²) in [7, 11) is 0. The number of rotatable bonds is 6. The third-order valence-electron chi connectivity index (χ3n) is 2.82. The molecule has 0 aliphatic carbocycles. The van der Waals surface area contributed by atoms with Crippen molar-refractivity contribution in [3.05, 3.63) is 35.4 Å². The molecule has 1 aromatic carbocycles. The standard InChI is InChI=1S/C14H20O4/c15-6-10-16-9-5-12-3-1-4-13(11-12)14-17-7-2-8-18-14/h1,3-4,11,14-15H,2,5-10H2. The van der Waals surface area contributed by atoms with Crippen LogP contribution in [0.1, 0.15) is 23.8 Å². The highest BCUT2D eigenvalue weighted by molar-refractivity contribution is 5.24. The molecule has 4 nitrogen and oxygen atoms in total. The van der Waals surface area contributed by atoms with Crippen LogP contribution in [0.4, 0.5) is 0 Å². The van der Waals surface area contributed by atoms with Crippen molar-refractivity contribution in [2.45, 2.75) is 19.1 Å². The van der Waals surface area contributed by atoms with Crippen LogP contribution in [0.2, 0.25) is 0 Å². The number of aliphatic hydroxyl groups excluding tert-OH is 1. The molecule has 0 unspecified atom stereocenters. The molecule has 0 atom stereocenters. The molecule has 0 bridgehead atoms. The van der Waals surface area contributed by atoms with Gasteiger partial charge in [0, 0.05) is 5.56 Å². The van der Waals surface area contributed by atoms with Crippen molar-refractivity contribution in [2.24, 2.45) is 0 Å². The first-order valence-corrected chi connectivity index (χ1v) is 6.41. The molecule has 0 amide bonds. The predicted octanol–water partition coefficient (Wildman–Crippen LogP) is 1.67. The van der Waals surface area contributed by atoms with E-state index in [2.05, 4.69) is 12.1 Å². The van der Waals surface area contributed by atoms with Gasteiger partial charge in [-0.15, -0.1) is 0 Å². The van der Waals surface area contributed by atoms with Crippen molar-refractivity contribution in [2.75, 3.05) is 33.0 Å². The van der Waals surface area contributed by atoms with E-state index >= 15 is 0 Å². The fraction of sp³-hybridized carbons (Fsp3) is 0.571. The zero-order valence-electron chi connectivity index (χ0n) is 10.5. The Morgan fingerprint density at radius 2 is 2.06 bits per heavy atom. The summed E-state index contributed by atoms with van der Waals surface area (Å²) >= 11 is 0. The van der Waals surface area contributed by atoms with Gasteiger partial charge in [0.2, 0.25) is 0 Å². The summed E-state index contributed by atoms with van der Waals surface area (Å²) in [6.07, 6.45) is 1.57. The van der Waals surface area contributed by atoms with E-state index in [1.807, 2.05) is 12.1 Å². The van der Waals surface area contributed by atoms with Crippen molar-refractivity contribution >= 4 is 0 Å². The van der Waals surface area contributed by atoms with E-state index < -0.39 is 0 Å². The van der Waals surface area contributed by atoms with Crippen LogP contribution < -0.4 is 0 Å². The van der Waals surface area contributed by atoms with Gasteiger partial charge in [0.05, 0.1) is 33.0 Å². The molecule has 1 N–H and O–H groups in total. The lowest BCUT2D eigenvalue weighted by Crippen LogP contribution is -2.17. The summed E-state index contributed by atoms with van der Waals surface area (Å²) in [5, 5.41) is 8.62. The number of benzene rings is 1. The Bertz CT molecular complexity index is 347. The van der Waals surface area contributed by atoms with Crippen LogP contribution in [0.15, 0.2) is 24.3 Å². The lowest BCUT2D eigenvalue weighted by atomic mass is 10.1. The third kappa shape index (κ3) is 4.07. The number of ether oxygens (including phenoxy) is 3. The largest absolute Gasteiger partial charge is 0.394 e. The van der Waals surface area contributed by atoms with Crippen molar-refractivity contribution in [1.29, 1.82) is 0 Å². The summed E-state index contributed by atoms with van der Waals surface area (Å²) in [6, 6.07) is 8.19. The summed E-state index contributed by atoms with van der Waals surface area (Å²) in [4.78, 5) is 0. The number of aliphatic hydroxyl groups is 1. The Morgan fingerprint density at radius 1 is 1.22 bits per heavy atom. The van der Waals surface area contributed by atoms with Gasteiger partial charge in [-0.25, -0.2) is 0 Å². The second-order valence-corrected chi connectivity index (χ2v) is 4.26. The predicted molar refractivity (Wildman–Crippen MR) is 67.3 cm³/mol. The van der Waals surface area contributed by atoms with Gasteiger partial charge in [-0.05, 0) is 18.4 Å². The molecule has 0 radical (unpaired) electrons. The van der Waals surface area contributed by atoms with Gasteiger partial charge in [-0.1, -0.05) is 24.3 Å². The van der Waals surface area contributed by atoms with Crippen LogP contribution in [-0.2, 0) is 20.6 Å². The molecule has 1 aromatic rings. The Morgan fingerprint density at radius 3 is 2.83 bits per heavy atom. The Labute approximate surface area is 107 Å². The summed E-state index contributed by atoms with van der Waals surface area (Å²) in [5.41, 5.74) is 2.26.